The molecule has 0 amide bonds. The summed E-state index contributed by atoms with van der Waals surface area (Å²) in [5.74, 6) is -0.358. The third-order valence-corrected chi connectivity index (χ3v) is 3.75. The van der Waals surface area contributed by atoms with Crippen LogP contribution < -0.4 is 0 Å². The lowest BCUT2D eigenvalue weighted by molar-refractivity contribution is -0.148. The van der Waals surface area contributed by atoms with Gasteiger partial charge in [0.05, 0.1) is 10.1 Å². The lowest BCUT2D eigenvalue weighted by atomic mass is 10.1. The van der Waals surface area contributed by atoms with Crippen LogP contribution in [-0.2, 0) is 19.1 Å². The fraction of sp³-hybridized carbons (Fsp3) is 0.538. The van der Waals surface area contributed by atoms with E-state index in [4.69, 9.17) is 9.47 Å². The van der Waals surface area contributed by atoms with E-state index in [0.29, 0.717) is 26.7 Å². The summed E-state index contributed by atoms with van der Waals surface area (Å²) in [6, 6.07) is 0. The van der Waals surface area contributed by atoms with Crippen molar-refractivity contribution < 1.29 is 19.1 Å². The highest BCUT2D eigenvalue weighted by atomic mass is 79.9. The highest BCUT2D eigenvalue weighted by molar-refractivity contribution is 9.12. The molecule has 0 N–H and O–H groups in total. The van der Waals surface area contributed by atoms with E-state index < -0.39 is 12.1 Å². The summed E-state index contributed by atoms with van der Waals surface area (Å²) >= 11 is 6.63. The van der Waals surface area contributed by atoms with Crippen LogP contribution >= 0.6 is 31.9 Å². The molecule has 0 aliphatic carbocycles. The standard InChI is InChI=1S/C13H16Br2O4/c1-4-6-8(18-9(16)5-2)10-11(15)12(7(3)14)19-13(10)17/h8H,4-6H2,1-3H3/b12-7-. The highest BCUT2D eigenvalue weighted by Crippen LogP contribution is 2.37. The van der Waals surface area contributed by atoms with Gasteiger partial charge in [-0.2, -0.15) is 0 Å². The van der Waals surface area contributed by atoms with E-state index in [0.717, 1.165) is 6.42 Å². The van der Waals surface area contributed by atoms with Gasteiger partial charge in [-0.3, -0.25) is 4.79 Å². The molecule has 1 unspecified atom stereocenters. The fourth-order valence-corrected chi connectivity index (χ4v) is 3.01. The molecule has 1 rings (SSSR count). The van der Waals surface area contributed by atoms with Crippen molar-refractivity contribution in [2.24, 2.45) is 0 Å². The van der Waals surface area contributed by atoms with Crippen LogP contribution in [0.3, 0.4) is 0 Å². The zero-order valence-corrected chi connectivity index (χ0v) is 14.3. The van der Waals surface area contributed by atoms with Crippen LogP contribution in [-0.4, -0.2) is 18.0 Å². The van der Waals surface area contributed by atoms with E-state index >= 15 is 0 Å². The van der Waals surface area contributed by atoms with Crippen LogP contribution in [0.4, 0.5) is 0 Å². The molecule has 6 heteroatoms. The maximum absolute atomic E-state index is 11.9. The minimum absolute atomic E-state index is 0.278. The van der Waals surface area contributed by atoms with Gasteiger partial charge in [0, 0.05) is 10.9 Å². The van der Waals surface area contributed by atoms with Crippen molar-refractivity contribution in [2.75, 3.05) is 0 Å². The summed E-state index contributed by atoms with van der Waals surface area (Å²) in [5, 5.41) is 0. The minimum Gasteiger partial charge on any atom is -0.457 e. The van der Waals surface area contributed by atoms with Crippen molar-refractivity contribution in [3.05, 3.63) is 20.3 Å². The van der Waals surface area contributed by atoms with Crippen molar-refractivity contribution in [3.8, 4) is 0 Å². The first-order valence-corrected chi connectivity index (χ1v) is 7.68. The average Bonchev–Trinajstić information content (AvgIpc) is 2.64. The van der Waals surface area contributed by atoms with Crippen molar-refractivity contribution >= 4 is 43.8 Å². The second kappa shape index (κ2) is 7.24. The van der Waals surface area contributed by atoms with Crippen molar-refractivity contribution in [1.82, 2.24) is 0 Å². The molecular weight excluding hydrogens is 380 g/mol. The Morgan fingerprint density at radius 2 is 2.05 bits per heavy atom. The van der Waals surface area contributed by atoms with Gasteiger partial charge < -0.3 is 9.47 Å². The lowest BCUT2D eigenvalue weighted by Gasteiger charge is -2.16. The first-order valence-electron chi connectivity index (χ1n) is 6.10. The summed E-state index contributed by atoms with van der Waals surface area (Å²) in [6.07, 6.45) is 1.09. The molecule has 1 atom stereocenters. The number of allylic oxidation sites excluding steroid dienone is 2. The van der Waals surface area contributed by atoms with Gasteiger partial charge in [-0.1, -0.05) is 36.2 Å². The maximum Gasteiger partial charge on any atom is 0.344 e. The predicted octanol–water partition coefficient (Wildman–Crippen LogP) is 3.94. The number of halogens is 2. The van der Waals surface area contributed by atoms with E-state index in [9.17, 15) is 9.59 Å². The van der Waals surface area contributed by atoms with Crippen LogP contribution in [0.1, 0.15) is 40.0 Å². The zero-order valence-electron chi connectivity index (χ0n) is 11.1. The molecule has 0 fully saturated rings. The van der Waals surface area contributed by atoms with Gasteiger partial charge in [-0.15, -0.1) is 0 Å². The Labute approximate surface area is 129 Å². The molecule has 0 bridgehead atoms. The number of hydrogen-bond acceptors (Lipinski definition) is 4. The van der Waals surface area contributed by atoms with E-state index in [2.05, 4.69) is 31.9 Å². The summed E-state index contributed by atoms with van der Waals surface area (Å²) in [4.78, 5) is 23.4. The van der Waals surface area contributed by atoms with Gasteiger partial charge in [0.2, 0.25) is 0 Å². The monoisotopic (exact) mass is 394 g/mol. The Hall–Kier alpha value is -0.620. The molecule has 0 saturated heterocycles. The smallest absolute Gasteiger partial charge is 0.344 e. The molecule has 0 aromatic carbocycles. The van der Waals surface area contributed by atoms with Crippen LogP contribution in [0.2, 0.25) is 0 Å². The van der Waals surface area contributed by atoms with Gasteiger partial charge in [0.1, 0.15) is 6.10 Å². The molecule has 0 aromatic rings. The molecule has 1 aliphatic heterocycles. The maximum atomic E-state index is 11.9. The number of carbonyl (C=O) groups excluding carboxylic acids is 2. The molecule has 0 aromatic heterocycles. The Kier molecular flexibility index (Phi) is 6.26. The van der Waals surface area contributed by atoms with Crippen molar-refractivity contribution in [2.45, 2.75) is 46.1 Å². The normalized spacial score (nSPS) is 19.3. The number of cyclic esters (lactones) is 1. The quantitative estimate of drug-likeness (QED) is 0.661. The first-order chi connectivity index (χ1) is 8.92. The van der Waals surface area contributed by atoms with Gasteiger partial charge in [-0.05, 0) is 29.3 Å². The summed E-state index contributed by atoms with van der Waals surface area (Å²) in [5.41, 5.74) is 0.373. The Morgan fingerprint density at radius 3 is 2.47 bits per heavy atom. The molecule has 106 valence electrons. The molecule has 0 radical (unpaired) electrons. The second-order valence-corrected chi connectivity index (χ2v) is 6.08. The lowest BCUT2D eigenvalue weighted by Crippen LogP contribution is -2.23. The first kappa shape index (κ1) is 16.4. The Balaban J connectivity index is 3.10. The van der Waals surface area contributed by atoms with Crippen LogP contribution in [0.5, 0.6) is 0 Å². The number of ether oxygens (including phenoxy) is 2. The summed E-state index contributed by atoms with van der Waals surface area (Å²) in [6.45, 7) is 5.46. The molecular formula is C13H16Br2O4. The predicted molar refractivity (Wildman–Crippen MR) is 78.8 cm³/mol. The largest absolute Gasteiger partial charge is 0.457 e. The van der Waals surface area contributed by atoms with Gasteiger partial charge in [0.15, 0.2) is 5.76 Å². The van der Waals surface area contributed by atoms with E-state index in [1.165, 1.54) is 0 Å². The van der Waals surface area contributed by atoms with Crippen molar-refractivity contribution in [3.63, 3.8) is 0 Å². The van der Waals surface area contributed by atoms with E-state index in [1.807, 2.05) is 6.92 Å². The van der Waals surface area contributed by atoms with Gasteiger partial charge in [-0.25, -0.2) is 4.79 Å². The Morgan fingerprint density at radius 1 is 1.42 bits per heavy atom. The average molecular weight is 396 g/mol. The Bertz CT molecular complexity index is 448. The second-order valence-electron chi connectivity index (χ2n) is 4.10. The number of rotatable bonds is 5. The zero-order chi connectivity index (χ0) is 14.6. The highest BCUT2D eigenvalue weighted by Gasteiger charge is 2.36. The third kappa shape index (κ3) is 3.92. The van der Waals surface area contributed by atoms with E-state index in [1.54, 1.807) is 13.8 Å². The summed E-state index contributed by atoms with van der Waals surface area (Å²) in [7, 11) is 0. The third-order valence-electron chi connectivity index (χ3n) is 2.60. The SMILES string of the molecule is CCCC(OC(=O)CC)C1=C(Br)/C(=C(\C)Br)OC1=O. The van der Waals surface area contributed by atoms with E-state index in [-0.39, 0.29) is 12.4 Å². The molecule has 1 heterocycles. The molecule has 0 saturated carbocycles. The van der Waals surface area contributed by atoms with Gasteiger partial charge >= 0.3 is 11.9 Å². The van der Waals surface area contributed by atoms with Crippen LogP contribution in [0.25, 0.3) is 0 Å². The molecule has 1 aliphatic rings. The molecule has 0 spiro atoms. The van der Waals surface area contributed by atoms with Crippen molar-refractivity contribution in [1.29, 1.82) is 0 Å². The summed E-state index contributed by atoms with van der Waals surface area (Å²) < 4.78 is 11.8. The number of esters is 2. The van der Waals surface area contributed by atoms with Crippen LogP contribution in [0, 0.1) is 0 Å². The van der Waals surface area contributed by atoms with Crippen LogP contribution in [0.15, 0.2) is 20.3 Å². The molecule has 19 heavy (non-hydrogen) atoms. The molecule has 4 nitrogen and oxygen atoms in total. The fourth-order valence-electron chi connectivity index (χ4n) is 1.67. The minimum atomic E-state index is -0.566. The number of carbonyl (C=O) groups is 2. The topological polar surface area (TPSA) is 52.6 Å². The number of hydrogen-bond donors (Lipinski definition) is 0. The van der Waals surface area contributed by atoms with Gasteiger partial charge in [0.25, 0.3) is 0 Å².